The van der Waals surface area contributed by atoms with Crippen molar-refractivity contribution in [1.82, 2.24) is 5.32 Å². The van der Waals surface area contributed by atoms with Gasteiger partial charge in [0.2, 0.25) is 0 Å². The Labute approximate surface area is 154 Å². The molecule has 3 rings (SSSR count). The van der Waals surface area contributed by atoms with Crippen molar-refractivity contribution in [3.63, 3.8) is 0 Å². The monoisotopic (exact) mass is 372 g/mol. The number of carbonyl (C=O) groups is 1. The van der Waals surface area contributed by atoms with E-state index in [1.807, 2.05) is 18.2 Å². The molecule has 138 valence electrons. The lowest BCUT2D eigenvalue weighted by Crippen LogP contribution is -2.31. The number of hydrogen-bond donors (Lipinski definition) is 1. The third-order valence-corrected chi connectivity index (χ3v) is 6.05. The first-order chi connectivity index (χ1) is 12.3. The Hall–Kier alpha value is -2.34. The molecule has 0 bridgehead atoms. The van der Waals surface area contributed by atoms with Crippen molar-refractivity contribution < 1.29 is 13.2 Å². The number of nitrogens with one attached hydrogen (secondary N) is 1. The minimum Gasteiger partial charge on any atom is -0.371 e. The van der Waals surface area contributed by atoms with Gasteiger partial charge in [0.1, 0.15) is 0 Å². The van der Waals surface area contributed by atoms with E-state index in [1.165, 1.54) is 11.8 Å². The Kier molecular flexibility index (Phi) is 5.32. The van der Waals surface area contributed by atoms with E-state index in [4.69, 9.17) is 0 Å². The molecule has 1 heterocycles. The second-order valence-electron chi connectivity index (χ2n) is 6.90. The maximum Gasteiger partial charge on any atom is 0.251 e. The molecule has 1 atom stereocenters. The van der Waals surface area contributed by atoms with Crippen LogP contribution >= 0.6 is 0 Å². The van der Waals surface area contributed by atoms with Gasteiger partial charge in [-0.2, -0.15) is 0 Å². The van der Waals surface area contributed by atoms with Gasteiger partial charge in [0, 0.05) is 37.1 Å². The highest BCUT2D eigenvalue weighted by molar-refractivity contribution is 7.90. The first kappa shape index (κ1) is 18.5. The number of amides is 1. The predicted octanol–water partition coefficient (Wildman–Crippen LogP) is 2.65. The fourth-order valence-electron chi connectivity index (χ4n) is 3.35. The number of para-hydroxylation sites is 1. The van der Waals surface area contributed by atoms with E-state index in [1.54, 1.807) is 19.1 Å². The minimum absolute atomic E-state index is 0.210. The Bertz CT molecular complexity index is 895. The van der Waals surface area contributed by atoms with Gasteiger partial charge in [0.15, 0.2) is 9.84 Å². The molecule has 2 aromatic rings. The molecule has 0 saturated carbocycles. The van der Waals surface area contributed by atoms with Crippen LogP contribution in [-0.2, 0) is 9.84 Å². The van der Waals surface area contributed by atoms with Crippen LogP contribution in [0.3, 0.4) is 0 Å². The van der Waals surface area contributed by atoms with Crippen LogP contribution in [0.4, 0.5) is 5.69 Å². The van der Waals surface area contributed by atoms with Gasteiger partial charge < -0.3 is 10.2 Å². The number of rotatable bonds is 5. The molecule has 1 N–H and O–H groups in total. The molecule has 5 nitrogen and oxygen atoms in total. The number of hydrogen-bond acceptors (Lipinski definition) is 4. The molecule has 1 aliphatic heterocycles. The average Bonchev–Trinajstić information content (AvgIpc) is 3.09. The molecule has 2 aromatic carbocycles. The molecule has 0 radical (unpaired) electrons. The average molecular weight is 372 g/mol. The third kappa shape index (κ3) is 4.25. The standard InChI is InChI=1S/C20H24N2O3S/c1-15-8-9-17(12-19(15)26(2,24)25)20(23)21-13-16-10-11-22(14-16)18-6-4-3-5-7-18/h3-9,12,16H,10-11,13-14H2,1-2H3,(H,21,23)/t16-/m0/s1. The Morgan fingerprint density at radius 1 is 1.19 bits per heavy atom. The molecule has 1 saturated heterocycles. The number of sulfone groups is 1. The summed E-state index contributed by atoms with van der Waals surface area (Å²) in [6, 6.07) is 15.1. The molecule has 0 spiro atoms. The second-order valence-corrected chi connectivity index (χ2v) is 8.88. The van der Waals surface area contributed by atoms with Gasteiger partial charge in [-0.1, -0.05) is 24.3 Å². The summed E-state index contributed by atoms with van der Waals surface area (Å²) in [7, 11) is -3.34. The van der Waals surface area contributed by atoms with Crippen molar-refractivity contribution in [1.29, 1.82) is 0 Å². The summed E-state index contributed by atoms with van der Waals surface area (Å²) in [6.07, 6.45) is 2.19. The highest BCUT2D eigenvalue weighted by atomic mass is 32.2. The molecule has 26 heavy (non-hydrogen) atoms. The summed E-state index contributed by atoms with van der Waals surface area (Å²) >= 11 is 0. The Morgan fingerprint density at radius 3 is 2.62 bits per heavy atom. The number of carbonyl (C=O) groups excluding carboxylic acids is 1. The molecular weight excluding hydrogens is 348 g/mol. The Balaban J connectivity index is 1.60. The van der Waals surface area contributed by atoms with E-state index >= 15 is 0 Å². The van der Waals surface area contributed by atoms with Gasteiger partial charge >= 0.3 is 0 Å². The number of benzene rings is 2. The van der Waals surface area contributed by atoms with Crippen LogP contribution in [0.2, 0.25) is 0 Å². The van der Waals surface area contributed by atoms with Crippen LogP contribution < -0.4 is 10.2 Å². The zero-order valence-electron chi connectivity index (χ0n) is 15.1. The quantitative estimate of drug-likeness (QED) is 0.876. The summed E-state index contributed by atoms with van der Waals surface area (Å²) < 4.78 is 23.7. The van der Waals surface area contributed by atoms with E-state index in [-0.39, 0.29) is 10.8 Å². The topological polar surface area (TPSA) is 66.5 Å². The number of nitrogens with zero attached hydrogens (tertiary/aromatic N) is 1. The van der Waals surface area contributed by atoms with Crippen molar-refractivity contribution in [2.24, 2.45) is 5.92 Å². The second kappa shape index (κ2) is 7.50. The maximum atomic E-state index is 12.4. The third-order valence-electron chi connectivity index (χ3n) is 4.81. The SMILES string of the molecule is Cc1ccc(C(=O)NC[C@@H]2CCN(c3ccccc3)C2)cc1S(C)(=O)=O. The van der Waals surface area contributed by atoms with Gasteiger partial charge in [-0.15, -0.1) is 0 Å². The van der Waals surface area contributed by atoms with E-state index in [0.717, 1.165) is 25.8 Å². The fourth-order valence-corrected chi connectivity index (χ4v) is 4.35. The van der Waals surface area contributed by atoms with E-state index < -0.39 is 9.84 Å². The normalized spacial score (nSPS) is 17.3. The van der Waals surface area contributed by atoms with Gasteiger partial charge in [0.05, 0.1) is 4.90 Å². The molecule has 6 heteroatoms. The zero-order valence-corrected chi connectivity index (χ0v) is 15.9. The highest BCUT2D eigenvalue weighted by Gasteiger charge is 2.23. The van der Waals surface area contributed by atoms with Crippen LogP contribution in [0.25, 0.3) is 0 Å². The largest absolute Gasteiger partial charge is 0.371 e. The lowest BCUT2D eigenvalue weighted by molar-refractivity contribution is 0.0948. The van der Waals surface area contributed by atoms with Crippen LogP contribution in [0.1, 0.15) is 22.3 Å². The lowest BCUT2D eigenvalue weighted by Gasteiger charge is -2.18. The lowest BCUT2D eigenvalue weighted by atomic mass is 10.1. The minimum atomic E-state index is -3.34. The van der Waals surface area contributed by atoms with Gasteiger partial charge in [-0.3, -0.25) is 4.79 Å². The summed E-state index contributed by atoms with van der Waals surface area (Å²) in [5.74, 6) is 0.159. The fraction of sp³-hybridized carbons (Fsp3) is 0.350. The smallest absolute Gasteiger partial charge is 0.251 e. The summed E-state index contributed by atoms with van der Waals surface area (Å²) in [5, 5.41) is 2.95. The number of aryl methyl sites for hydroxylation is 1. The van der Waals surface area contributed by atoms with Crippen LogP contribution in [0, 0.1) is 12.8 Å². The number of anilines is 1. The van der Waals surface area contributed by atoms with Crippen molar-refractivity contribution >= 4 is 21.4 Å². The van der Waals surface area contributed by atoms with Crippen LogP contribution in [-0.4, -0.2) is 40.2 Å². The van der Waals surface area contributed by atoms with Gasteiger partial charge in [-0.05, 0) is 49.1 Å². The van der Waals surface area contributed by atoms with E-state index in [9.17, 15) is 13.2 Å². The summed E-state index contributed by atoms with van der Waals surface area (Å²) in [5.41, 5.74) is 2.24. The molecule has 1 aliphatic rings. The molecule has 0 aliphatic carbocycles. The molecule has 1 amide bonds. The van der Waals surface area contributed by atoms with E-state index in [0.29, 0.717) is 23.6 Å². The van der Waals surface area contributed by atoms with Crippen molar-refractivity contribution in [3.8, 4) is 0 Å². The summed E-state index contributed by atoms with van der Waals surface area (Å²) in [6.45, 7) is 4.21. The van der Waals surface area contributed by atoms with Crippen molar-refractivity contribution in [2.75, 3.05) is 30.8 Å². The van der Waals surface area contributed by atoms with Crippen molar-refractivity contribution in [2.45, 2.75) is 18.2 Å². The maximum absolute atomic E-state index is 12.4. The molecule has 0 aromatic heterocycles. The van der Waals surface area contributed by atoms with Gasteiger partial charge in [-0.25, -0.2) is 8.42 Å². The van der Waals surface area contributed by atoms with Crippen LogP contribution in [0.15, 0.2) is 53.4 Å². The van der Waals surface area contributed by atoms with E-state index in [2.05, 4.69) is 22.3 Å². The first-order valence-electron chi connectivity index (χ1n) is 8.73. The summed E-state index contributed by atoms with van der Waals surface area (Å²) in [4.78, 5) is 15.0. The Morgan fingerprint density at radius 2 is 1.92 bits per heavy atom. The zero-order chi connectivity index (χ0) is 18.7. The first-order valence-corrected chi connectivity index (χ1v) is 10.6. The van der Waals surface area contributed by atoms with Crippen LogP contribution in [0.5, 0.6) is 0 Å². The van der Waals surface area contributed by atoms with Crippen molar-refractivity contribution in [3.05, 3.63) is 59.7 Å². The molecular formula is C20H24N2O3S. The predicted molar refractivity (Wildman–Crippen MR) is 103 cm³/mol. The van der Waals surface area contributed by atoms with Gasteiger partial charge in [0.25, 0.3) is 5.91 Å². The molecule has 0 unspecified atom stereocenters. The highest BCUT2D eigenvalue weighted by Crippen LogP contribution is 2.23. The molecule has 1 fully saturated rings.